The Hall–Kier alpha value is -1.90. The molecule has 0 saturated carbocycles. The molecule has 118 valence electrons. The maximum Gasteiger partial charge on any atom is 0.157 e. The van der Waals surface area contributed by atoms with E-state index in [4.69, 9.17) is 0 Å². The summed E-state index contributed by atoms with van der Waals surface area (Å²) < 4.78 is 53.5. The number of hydrogen-bond acceptors (Lipinski definition) is 5. The van der Waals surface area contributed by atoms with Crippen LogP contribution in [0, 0.1) is 11.6 Å². The third kappa shape index (κ3) is 2.60. The van der Waals surface area contributed by atoms with Gasteiger partial charge in [0.15, 0.2) is 15.7 Å². The minimum Gasteiger partial charge on any atom is -0.233 e. The van der Waals surface area contributed by atoms with Crippen LogP contribution >= 0.6 is 0 Å². The molecule has 2 aromatic rings. The molecule has 0 amide bonds. The van der Waals surface area contributed by atoms with Crippen molar-refractivity contribution in [3.63, 3.8) is 0 Å². The van der Waals surface area contributed by atoms with Crippen LogP contribution in [0.5, 0.6) is 0 Å². The van der Waals surface area contributed by atoms with Crippen LogP contribution in [-0.2, 0) is 29.7 Å². The van der Waals surface area contributed by atoms with Gasteiger partial charge in [0.1, 0.15) is 11.6 Å². The Morgan fingerprint density at radius 3 is 2.82 bits per heavy atom. The molecular formula is C13H14F2N4O2S. The fourth-order valence-corrected chi connectivity index (χ4v) is 4.64. The molecule has 1 aliphatic carbocycles. The molecule has 22 heavy (non-hydrogen) atoms. The molecule has 1 heterocycles. The van der Waals surface area contributed by atoms with Gasteiger partial charge in [-0.05, 0) is 40.5 Å². The van der Waals surface area contributed by atoms with E-state index in [1.165, 1.54) is 4.68 Å². The van der Waals surface area contributed by atoms with Crippen molar-refractivity contribution in [2.45, 2.75) is 24.5 Å². The number of rotatable bonds is 4. The van der Waals surface area contributed by atoms with Crippen LogP contribution in [0.1, 0.15) is 28.6 Å². The van der Waals surface area contributed by atoms with Gasteiger partial charge in [0, 0.05) is 19.5 Å². The summed E-state index contributed by atoms with van der Waals surface area (Å²) in [6, 6.07) is 1.91. The average molecular weight is 328 g/mol. The summed E-state index contributed by atoms with van der Waals surface area (Å²) >= 11 is 0. The van der Waals surface area contributed by atoms with Gasteiger partial charge in [0.2, 0.25) is 0 Å². The first kappa shape index (κ1) is 15.0. The van der Waals surface area contributed by atoms with E-state index in [1.54, 1.807) is 7.05 Å². The number of fused-ring (bicyclic) bond motifs is 1. The summed E-state index contributed by atoms with van der Waals surface area (Å²) in [5.74, 6) is -1.14. The van der Waals surface area contributed by atoms with Crippen molar-refractivity contribution < 1.29 is 17.2 Å². The van der Waals surface area contributed by atoms with E-state index in [2.05, 4.69) is 15.5 Å². The van der Waals surface area contributed by atoms with Crippen molar-refractivity contribution in [2.75, 3.05) is 5.75 Å². The highest BCUT2D eigenvalue weighted by molar-refractivity contribution is 7.91. The van der Waals surface area contributed by atoms with Gasteiger partial charge >= 0.3 is 0 Å². The van der Waals surface area contributed by atoms with E-state index in [9.17, 15) is 17.2 Å². The van der Waals surface area contributed by atoms with Gasteiger partial charge in [-0.3, -0.25) is 0 Å². The Balaban J connectivity index is 1.85. The summed E-state index contributed by atoms with van der Waals surface area (Å²) in [6.07, 6.45) is 0.738. The van der Waals surface area contributed by atoms with Gasteiger partial charge in [-0.15, -0.1) is 5.10 Å². The summed E-state index contributed by atoms with van der Waals surface area (Å²) in [5, 5.41) is 9.95. The quantitative estimate of drug-likeness (QED) is 0.841. The van der Waals surface area contributed by atoms with Gasteiger partial charge in [-0.1, -0.05) is 0 Å². The molecule has 1 aromatic carbocycles. The molecule has 0 N–H and O–H groups in total. The molecule has 0 saturated heterocycles. The molecule has 1 unspecified atom stereocenters. The minimum absolute atomic E-state index is 0.162. The van der Waals surface area contributed by atoms with Crippen molar-refractivity contribution in [3.05, 3.63) is 40.7 Å². The zero-order valence-electron chi connectivity index (χ0n) is 11.8. The van der Waals surface area contributed by atoms with Crippen LogP contribution in [0.25, 0.3) is 0 Å². The summed E-state index contributed by atoms with van der Waals surface area (Å²) in [7, 11) is -1.92. The van der Waals surface area contributed by atoms with Gasteiger partial charge in [0.05, 0.1) is 11.0 Å². The van der Waals surface area contributed by atoms with E-state index in [0.29, 0.717) is 17.8 Å². The number of aromatic nitrogens is 4. The highest BCUT2D eigenvalue weighted by Crippen LogP contribution is 2.39. The van der Waals surface area contributed by atoms with Crippen LogP contribution < -0.4 is 0 Å². The third-order valence-electron chi connectivity index (χ3n) is 3.95. The predicted molar refractivity (Wildman–Crippen MR) is 73.7 cm³/mol. The van der Waals surface area contributed by atoms with Crippen LogP contribution in [-0.4, -0.2) is 34.4 Å². The van der Waals surface area contributed by atoms with Gasteiger partial charge in [0.25, 0.3) is 0 Å². The SMILES string of the molecule is Cn1nnnc1CCS(=O)(=O)C1CCc2c(F)cc(F)cc21. The number of hydrogen-bond donors (Lipinski definition) is 0. The molecule has 1 atom stereocenters. The zero-order valence-corrected chi connectivity index (χ0v) is 12.6. The average Bonchev–Trinajstić information content (AvgIpc) is 3.03. The van der Waals surface area contributed by atoms with E-state index < -0.39 is 26.7 Å². The predicted octanol–water partition coefficient (Wildman–Crippen LogP) is 1.13. The van der Waals surface area contributed by atoms with Gasteiger partial charge < -0.3 is 0 Å². The first-order chi connectivity index (χ1) is 10.4. The summed E-state index contributed by atoms with van der Waals surface area (Å²) in [6.45, 7) is 0. The van der Waals surface area contributed by atoms with Crippen LogP contribution in [0.3, 0.4) is 0 Å². The molecule has 0 fully saturated rings. The van der Waals surface area contributed by atoms with Crippen molar-refractivity contribution in [3.8, 4) is 0 Å². The first-order valence-electron chi connectivity index (χ1n) is 6.79. The van der Waals surface area contributed by atoms with E-state index >= 15 is 0 Å². The Morgan fingerprint density at radius 1 is 1.36 bits per heavy atom. The maximum atomic E-state index is 13.7. The lowest BCUT2D eigenvalue weighted by atomic mass is 10.1. The number of nitrogens with zero attached hydrogens (tertiary/aromatic N) is 4. The molecule has 9 heteroatoms. The molecule has 6 nitrogen and oxygen atoms in total. The Morgan fingerprint density at radius 2 is 2.14 bits per heavy atom. The lowest BCUT2D eigenvalue weighted by Gasteiger charge is -2.13. The minimum atomic E-state index is -3.54. The fraction of sp³-hybridized carbons (Fsp3) is 0.462. The molecule has 1 aliphatic rings. The molecule has 0 bridgehead atoms. The number of sulfone groups is 1. The van der Waals surface area contributed by atoms with Crippen LogP contribution in [0.15, 0.2) is 12.1 Å². The van der Waals surface area contributed by atoms with Crippen LogP contribution in [0.4, 0.5) is 8.78 Å². The molecule has 0 spiro atoms. The monoisotopic (exact) mass is 328 g/mol. The molecule has 0 radical (unpaired) electrons. The molecule has 3 rings (SSSR count). The van der Waals surface area contributed by atoms with Crippen molar-refractivity contribution in [1.82, 2.24) is 20.2 Å². The third-order valence-corrected chi connectivity index (χ3v) is 6.08. The van der Waals surface area contributed by atoms with Gasteiger partial charge in [-0.25, -0.2) is 21.9 Å². The van der Waals surface area contributed by atoms with Crippen molar-refractivity contribution in [1.29, 1.82) is 0 Å². The number of halogens is 2. The van der Waals surface area contributed by atoms with Crippen molar-refractivity contribution >= 4 is 9.84 Å². The zero-order chi connectivity index (χ0) is 15.9. The van der Waals surface area contributed by atoms with Crippen molar-refractivity contribution in [2.24, 2.45) is 7.05 Å². The largest absolute Gasteiger partial charge is 0.233 e. The highest BCUT2D eigenvalue weighted by Gasteiger charge is 2.35. The Labute approximate surface area is 126 Å². The lowest BCUT2D eigenvalue weighted by Crippen LogP contribution is -2.18. The number of aryl methyl sites for hydroxylation is 2. The van der Waals surface area contributed by atoms with Crippen LogP contribution in [0.2, 0.25) is 0 Å². The fourth-order valence-electron chi connectivity index (χ4n) is 2.81. The molecule has 0 aliphatic heterocycles. The molecule has 1 aromatic heterocycles. The summed E-state index contributed by atoms with van der Waals surface area (Å²) in [4.78, 5) is 0. The normalized spacial score (nSPS) is 17.7. The van der Waals surface area contributed by atoms with E-state index in [1.807, 2.05) is 0 Å². The van der Waals surface area contributed by atoms with E-state index in [0.717, 1.165) is 12.1 Å². The second-order valence-corrected chi connectivity index (χ2v) is 7.62. The first-order valence-corrected chi connectivity index (χ1v) is 8.50. The van der Waals surface area contributed by atoms with E-state index in [-0.39, 0.29) is 24.2 Å². The van der Waals surface area contributed by atoms with Gasteiger partial charge in [-0.2, -0.15) is 0 Å². The Bertz CT molecular complexity index is 819. The summed E-state index contributed by atoms with van der Waals surface area (Å²) in [5.41, 5.74) is 0.545. The topological polar surface area (TPSA) is 77.7 Å². The number of tetrazole rings is 1. The maximum absolute atomic E-state index is 13.7. The highest BCUT2D eigenvalue weighted by atomic mass is 32.2. The Kier molecular flexibility index (Phi) is 3.67. The number of benzene rings is 1. The lowest BCUT2D eigenvalue weighted by molar-refractivity contribution is 0.573. The smallest absolute Gasteiger partial charge is 0.157 e. The second-order valence-electron chi connectivity index (χ2n) is 5.32. The standard InChI is InChI=1S/C13H14F2N4O2S/c1-19-13(16-17-18-19)4-5-22(20,21)12-3-2-9-10(12)6-8(14)7-11(9)15/h6-7,12H,2-5H2,1H3. The molecular weight excluding hydrogens is 314 g/mol. The second kappa shape index (κ2) is 5.38.